The number of aliphatic hydroxyl groups is 1. The molecule has 1 aliphatic heterocycles. The van der Waals surface area contributed by atoms with E-state index in [1.165, 1.54) is 0 Å². The van der Waals surface area contributed by atoms with E-state index in [2.05, 4.69) is 0 Å². The largest absolute Gasteiger partial charge is 0.461 e. The zero-order valence-electron chi connectivity index (χ0n) is 13.2. The standard InChI is InChI=1S/C19H20O4/c1-12-3-7-14(8-4-12)17(15-9-5-13(2)6-10-15)23-18-16(20)11-22-19(18)21/h3-10,16-18,20H,11H2,1-2H3/t16-,18-/m0/s1. The number of ether oxygens (including phenoxy) is 2. The van der Waals surface area contributed by atoms with E-state index in [9.17, 15) is 9.90 Å². The van der Waals surface area contributed by atoms with Crippen molar-refractivity contribution < 1.29 is 19.4 Å². The van der Waals surface area contributed by atoms with Gasteiger partial charge in [-0.2, -0.15) is 0 Å². The lowest BCUT2D eigenvalue weighted by molar-refractivity contribution is -0.150. The second kappa shape index (κ2) is 6.52. The fourth-order valence-electron chi connectivity index (χ4n) is 2.62. The predicted octanol–water partition coefficient (Wildman–Crippen LogP) is 2.70. The maximum atomic E-state index is 11.8. The molecule has 0 saturated carbocycles. The molecule has 0 aliphatic carbocycles. The molecule has 120 valence electrons. The van der Waals surface area contributed by atoms with Crippen molar-refractivity contribution in [2.24, 2.45) is 0 Å². The highest BCUT2D eigenvalue weighted by Gasteiger charge is 2.39. The lowest BCUT2D eigenvalue weighted by Gasteiger charge is -2.23. The Bertz CT molecular complexity index is 630. The topological polar surface area (TPSA) is 55.8 Å². The number of benzene rings is 2. The molecule has 1 fully saturated rings. The van der Waals surface area contributed by atoms with Crippen LogP contribution in [-0.4, -0.2) is 29.9 Å². The summed E-state index contributed by atoms with van der Waals surface area (Å²) in [6.07, 6.45) is -2.31. The van der Waals surface area contributed by atoms with Crippen molar-refractivity contribution in [1.29, 1.82) is 0 Å². The second-order valence-electron chi connectivity index (χ2n) is 5.96. The van der Waals surface area contributed by atoms with Crippen LogP contribution in [0, 0.1) is 13.8 Å². The molecule has 23 heavy (non-hydrogen) atoms. The molecule has 4 heteroatoms. The van der Waals surface area contributed by atoms with Crippen LogP contribution in [0.4, 0.5) is 0 Å². The highest BCUT2D eigenvalue weighted by atomic mass is 16.6. The Labute approximate surface area is 135 Å². The summed E-state index contributed by atoms with van der Waals surface area (Å²) in [6.45, 7) is 4.02. The fourth-order valence-corrected chi connectivity index (χ4v) is 2.62. The van der Waals surface area contributed by atoms with E-state index in [4.69, 9.17) is 9.47 Å². The maximum Gasteiger partial charge on any atom is 0.338 e. The molecule has 1 heterocycles. The van der Waals surface area contributed by atoms with Gasteiger partial charge in [0.25, 0.3) is 0 Å². The van der Waals surface area contributed by atoms with Gasteiger partial charge < -0.3 is 14.6 Å². The minimum absolute atomic E-state index is 0.0159. The van der Waals surface area contributed by atoms with Gasteiger partial charge in [-0.3, -0.25) is 0 Å². The number of carbonyl (C=O) groups excluding carboxylic acids is 1. The van der Waals surface area contributed by atoms with Gasteiger partial charge in [-0.05, 0) is 25.0 Å². The fraction of sp³-hybridized carbons (Fsp3) is 0.316. The van der Waals surface area contributed by atoms with Gasteiger partial charge in [-0.15, -0.1) is 0 Å². The Morgan fingerprint density at radius 1 is 1.00 bits per heavy atom. The van der Waals surface area contributed by atoms with Crippen LogP contribution < -0.4 is 0 Å². The Balaban J connectivity index is 1.94. The van der Waals surface area contributed by atoms with Gasteiger partial charge >= 0.3 is 5.97 Å². The zero-order chi connectivity index (χ0) is 16.4. The molecule has 1 saturated heterocycles. The monoisotopic (exact) mass is 312 g/mol. The first-order chi connectivity index (χ1) is 11.0. The molecular weight excluding hydrogens is 292 g/mol. The predicted molar refractivity (Wildman–Crippen MR) is 86.0 cm³/mol. The quantitative estimate of drug-likeness (QED) is 0.882. The van der Waals surface area contributed by atoms with Gasteiger partial charge in [0.05, 0.1) is 0 Å². The SMILES string of the molecule is Cc1ccc(C(O[C@@H]2C(=O)OC[C@@H]2O)c2ccc(C)cc2)cc1. The summed E-state index contributed by atoms with van der Waals surface area (Å²) in [6, 6.07) is 15.9. The Morgan fingerprint density at radius 3 is 1.87 bits per heavy atom. The number of aryl methyl sites for hydroxylation is 2. The molecule has 2 aromatic carbocycles. The third-order valence-corrected chi connectivity index (χ3v) is 4.02. The van der Waals surface area contributed by atoms with Crippen LogP contribution in [0.3, 0.4) is 0 Å². The van der Waals surface area contributed by atoms with Crippen LogP contribution in [0.25, 0.3) is 0 Å². The highest BCUT2D eigenvalue weighted by molar-refractivity contribution is 5.77. The lowest BCUT2D eigenvalue weighted by atomic mass is 9.99. The minimum Gasteiger partial charge on any atom is -0.461 e. The molecular formula is C19H20O4. The van der Waals surface area contributed by atoms with Gasteiger partial charge in [0.15, 0.2) is 6.10 Å². The van der Waals surface area contributed by atoms with E-state index < -0.39 is 24.3 Å². The van der Waals surface area contributed by atoms with E-state index in [-0.39, 0.29) is 6.61 Å². The molecule has 0 amide bonds. The molecule has 2 aromatic rings. The number of hydrogen-bond acceptors (Lipinski definition) is 4. The number of cyclic esters (lactones) is 1. The Morgan fingerprint density at radius 2 is 1.48 bits per heavy atom. The normalized spacial score (nSPS) is 20.8. The third-order valence-electron chi connectivity index (χ3n) is 4.02. The lowest BCUT2D eigenvalue weighted by Crippen LogP contribution is -2.32. The highest BCUT2D eigenvalue weighted by Crippen LogP contribution is 2.30. The first-order valence-corrected chi connectivity index (χ1v) is 7.68. The molecule has 0 aromatic heterocycles. The minimum atomic E-state index is -0.956. The first-order valence-electron chi connectivity index (χ1n) is 7.68. The van der Waals surface area contributed by atoms with Crippen LogP contribution in [0.1, 0.15) is 28.4 Å². The van der Waals surface area contributed by atoms with Gasteiger partial charge in [0.2, 0.25) is 0 Å². The van der Waals surface area contributed by atoms with Gasteiger partial charge in [0.1, 0.15) is 18.8 Å². The van der Waals surface area contributed by atoms with E-state index >= 15 is 0 Å². The van der Waals surface area contributed by atoms with E-state index in [0.29, 0.717) is 0 Å². The Kier molecular flexibility index (Phi) is 4.46. The average Bonchev–Trinajstić information content (AvgIpc) is 2.86. The molecule has 0 bridgehead atoms. The summed E-state index contributed by atoms with van der Waals surface area (Å²) in [5.74, 6) is -0.512. The zero-order valence-corrected chi connectivity index (χ0v) is 13.2. The summed E-state index contributed by atoms with van der Waals surface area (Å²) >= 11 is 0. The summed E-state index contributed by atoms with van der Waals surface area (Å²) in [5, 5.41) is 9.92. The molecule has 1 N–H and O–H groups in total. The van der Waals surface area contributed by atoms with E-state index in [1.54, 1.807) is 0 Å². The number of carbonyl (C=O) groups is 1. The van der Waals surface area contributed by atoms with Crippen molar-refractivity contribution in [2.75, 3.05) is 6.61 Å². The van der Waals surface area contributed by atoms with Crippen LogP contribution in [0.5, 0.6) is 0 Å². The summed E-state index contributed by atoms with van der Waals surface area (Å²) in [4.78, 5) is 11.8. The number of hydrogen-bond donors (Lipinski definition) is 1. The number of esters is 1. The van der Waals surface area contributed by atoms with Gasteiger partial charge in [-0.1, -0.05) is 59.7 Å². The molecule has 2 atom stereocenters. The molecule has 0 radical (unpaired) electrons. The van der Waals surface area contributed by atoms with Crippen molar-refractivity contribution in [3.05, 3.63) is 70.8 Å². The van der Waals surface area contributed by atoms with E-state index in [1.807, 2.05) is 62.4 Å². The summed E-state index contributed by atoms with van der Waals surface area (Å²) < 4.78 is 10.8. The van der Waals surface area contributed by atoms with Crippen molar-refractivity contribution in [2.45, 2.75) is 32.2 Å². The van der Waals surface area contributed by atoms with Crippen LogP contribution >= 0.6 is 0 Å². The maximum absolute atomic E-state index is 11.8. The van der Waals surface area contributed by atoms with Crippen molar-refractivity contribution >= 4 is 5.97 Å². The van der Waals surface area contributed by atoms with Crippen LogP contribution in [-0.2, 0) is 14.3 Å². The average molecular weight is 312 g/mol. The molecule has 0 spiro atoms. The van der Waals surface area contributed by atoms with Crippen molar-refractivity contribution in [3.63, 3.8) is 0 Å². The Hall–Kier alpha value is -2.17. The smallest absolute Gasteiger partial charge is 0.338 e. The molecule has 0 unspecified atom stereocenters. The van der Waals surface area contributed by atoms with Crippen molar-refractivity contribution in [3.8, 4) is 0 Å². The van der Waals surface area contributed by atoms with E-state index in [0.717, 1.165) is 22.3 Å². The first kappa shape index (κ1) is 15.7. The van der Waals surface area contributed by atoms with Gasteiger partial charge in [0, 0.05) is 0 Å². The second-order valence-corrected chi connectivity index (χ2v) is 5.96. The van der Waals surface area contributed by atoms with Crippen LogP contribution in [0.15, 0.2) is 48.5 Å². The summed E-state index contributed by atoms with van der Waals surface area (Å²) in [7, 11) is 0. The third kappa shape index (κ3) is 3.44. The number of rotatable bonds is 4. The molecule has 1 aliphatic rings. The van der Waals surface area contributed by atoms with Gasteiger partial charge in [-0.25, -0.2) is 4.79 Å². The van der Waals surface area contributed by atoms with Crippen LogP contribution in [0.2, 0.25) is 0 Å². The van der Waals surface area contributed by atoms with Crippen molar-refractivity contribution in [1.82, 2.24) is 0 Å². The number of aliphatic hydroxyl groups excluding tert-OH is 1. The summed E-state index contributed by atoms with van der Waals surface area (Å²) in [5.41, 5.74) is 4.17. The molecule has 3 rings (SSSR count). The molecule has 4 nitrogen and oxygen atoms in total.